The first kappa shape index (κ1) is 24.3. The van der Waals surface area contributed by atoms with E-state index >= 15 is 0 Å². The van der Waals surface area contributed by atoms with E-state index in [9.17, 15) is 0 Å². The summed E-state index contributed by atoms with van der Waals surface area (Å²) in [6.07, 6.45) is 3.83. The van der Waals surface area contributed by atoms with Crippen molar-refractivity contribution in [2.75, 3.05) is 62.3 Å². The molecule has 0 atom stereocenters. The zero-order chi connectivity index (χ0) is 26.0. The van der Waals surface area contributed by atoms with Crippen molar-refractivity contribution in [2.24, 2.45) is 0 Å². The summed E-state index contributed by atoms with van der Waals surface area (Å²) in [5, 5.41) is 10.3. The van der Waals surface area contributed by atoms with E-state index in [4.69, 9.17) is 24.8 Å². The molecule has 2 saturated heterocycles. The van der Waals surface area contributed by atoms with Crippen LogP contribution in [0.15, 0.2) is 72.0 Å². The Morgan fingerprint density at radius 2 is 1.74 bits per heavy atom. The van der Waals surface area contributed by atoms with Gasteiger partial charge in [-0.3, -0.25) is 0 Å². The SMILES string of the molecule is c1ccc2nc(SCc3nc4c(N5CCOCC5)ccnn4c3-c3ccc(N4CCNCC4)nc3)ccc2c1. The highest BCUT2D eigenvalue weighted by molar-refractivity contribution is 7.98. The van der Waals surface area contributed by atoms with Crippen LogP contribution < -0.4 is 15.1 Å². The molecular weight excluding hydrogens is 508 g/mol. The second-order valence-corrected chi connectivity index (χ2v) is 10.7. The van der Waals surface area contributed by atoms with Gasteiger partial charge in [-0.2, -0.15) is 5.10 Å². The molecular formula is C29H30N8OS. The van der Waals surface area contributed by atoms with Crippen molar-refractivity contribution < 1.29 is 4.74 Å². The number of anilines is 2. The number of morpholine rings is 1. The number of benzene rings is 1. The number of ether oxygens (including phenoxy) is 1. The standard InChI is InChI=1S/C29H30N8OS/c1-2-4-23-21(3-1)6-8-27(33-23)39-20-24-28(22-5-7-26(31-19-22)36-13-11-30-12-14-36)37-29(34-24)25(9-10-32-37)35-15-17-38-18-16-35/h1-10,19,30H,11-18,20H2. The number of aromatic nitrogens is 5. The number of hydrogen-bond acceptors (Lipinski definition) is 9. The molecule has 0 radical (unpaired) electrons. The van der Waals surface area contributed by atoms with E-state index < -0.39 is 0 Å². The molecule has 6 heterocycles. The van der Waals surface area contributed by atoms with Crippen molar-refractivity contribution in [2.45, 2.75) is 10.8 Å². The van der Waals surface area contributed by atoms with Crippen LogP contribution in [0.5, 0.6) is 0 Å². The van der Waals surface area contributed by atoms with E-state index in [1.54, 1.807) is 11.8 Å². The van der Waals surface area contributed by atoms with Crippen molar-refractivity contribution in [1.82, 2.24) is 29.9 Å². The molecule has 2 aliphatic heterocycles. The van der Waals surface area contributed by atoms with E-state index in [0.29, 0.717) is 5.75 Å². The maximum Gasteiger partial charge on any atom is 0.178 e. The molecule has 0 aliphatic carbocycles. The Bertz CT molecular complexity index is 1590. The molecule has 0 saturated carbocycles. The number of rotatable bonds is 6. The van der Waals surface area contributed by atoms with Gasteiger partial charge in [0.25, 0.3) is 0 Å². The summed E-state index contributed by atoms with van der Waals surface area (Å²) in [5.74, 6) is 1.68. The first-order chi connectivity index (χ1) is 19.3. The minimum absolute atomic E-state index is 0.673. The fourth-order valence-electron chi connectivity index (χ4n) is 5.30. The first-order valence-corrected chi connectivity index (χ1v) is 14.4. The van der Waals surface area contributed by atoms with Gasteiger partial charge in [0.05, 0.1) is 47.0 Å². The number of hydrogen-bond donors (Lipinski definition) is 1. The largest absolute Gasteiger partial charge is 0.378 e. The number of imidazole rings is 1. The zero-order valence-electron chi connectivity index (χ0n) is 21.7. The maximum atomic E-state index is 5.60. The highest BCUT2D eigenvalue weighted by atomic mass is 32.2. The van der Waals surface area contributed by atoms with Crippen LogP contribution in [0.3, 0.4) is 0 Å². The summed E-state index contributed by atoms with van der Waals surface area (Å²) < 4.78 is 7.58. The lowest BCUT2D eigenvalue weighted by atomic mass is 10.2. The third-order valence-corrected chi connectivity index (χ3v) is 8.25. The summed E-state index contributed by atoms with van der Waals surface area (Å²) in [6.45, 7) is 7.01. The number of thioether (sulfide) groups is 1. The van der Waals surface area contributed by atoms with Crippen molar-refractivity contribution in [3.8, 4) is 11.3 Å². The number of pyridine rings is 2. The molecule has 1 aromatic carbocycles. The average molecular weight is 539 g/mol. The van der Waals surface area contributed by atoms with E-state index in [0.717, 1.165) is 103 Å². The Labute approximate surface area is 231 Å². The van der Waals surface area contributed by atoms with Crippen LogP contribution in [0.2, 0.25) is 0 Å². The van der Waals surface area contributed by atoms with Crippen LogP contribution >= 0.6 is 11.8 Å². The van der Waals surface area contributed by atoms with E-state index in [2.05, 4.69) is 57.6 Å². The predicted octanol–water partition coefficient (Wildman–Crippen LogP) is 3.88. The topological polar surface area (TPSA) is 83.7 Å². The number of nitrogens with zero attached hydrogens (tertiary/aromatic N) is 7. The van der Waals surface area contributed by atoms with E-state index in [1.165, 1.54) is 0 Å². The molecule has 39 heavy (non-hydrogen) atoms. The van der Waals surface area contributed by atoms with Crippen molar-refractivity contribution in [3.05, 3.63) is 72.7 Å². The van der Waals surface area contributed by atoms with E-state index in [1.807, 2.05) is 29.0 Å². The molecule has 2 fully saturated rings. The maximum absolute atomic E-state index is 5.60. The smallest absolute Gasteiger partial charge is 0.178 e. The van der Waals surface area contributed by atoms with Gasteiger partial charge in [0, 0.05) is 62.2 Å². The lowest BCUT2D eigenvalue weighted by Gasteiger charge is -2.28. The van der Waals surface area contributed by atoms with Gasteiger partial charge in [-0.25, -0.2) is 19.5 Å². The minimum Gasteiger partial charge on any atom is -0.378 e. The van der Waals surface area contributed by atoms with Gasteiger partial charge in [0.15, 0.2) is 5.65 Å². The molecule has 10 heteroatoms. The fraction of sp³-hybridized carbons (Fsp3) is 0.310. The first-order valence-electron chi connectivity index (χ1n) is 13.4. The summed E-state index contributed by atoms with van der Waals surface area (Å²) >= 11 is 1.70. The van der Waals surface area contributed by atoms with Crippen LogP contribution in [0.1, 0.15) is 5.69 Å². The monoisotopic (exact) mass is 538 g/mol. The molecule has 198 valence electrons. The summed E-state index contributed by atoms with van der Waals surface area (Å²) in [4.78, 5) is 19.6. The van der Waals surface area contributed by atoms with Gasteiger partial charge in [-0.05, 0) is 30.3 Å². The second kappa shape index (κ2) is 10.8. The molecule has 0 amide bonds. The summed E-state index contributed by atoms with van der Waals surface area (Å²) in [5.41, 5.74) is 5.91. The van der Waals surface area contributed by atoms with Crippen molar-refractivity contribution in [1.29, 1.82) is 0 Å². The number of nitrogens with one attached hydrogen (secondary N) is 1. The van der Waals surface area contributed by atoms with Gasteiger partial charge >= 0.3 is 0 Å². The van der Waals surface area contributed by atoms with Gasteiger partial charge in [0.1, 0.15) is 5.82 Å². The Hall–Kier alpha value is -3.73. The van der Waals surface area contributed by atoms with Crippen molar-refractivity contribution >= 4 is 39.8 Å². The normalized spacial score (nSPS) is 16.3. The highest BCUT2D eigenvalue weighted by Gasteiger charge is 2.22. The third kappa shape index (κ3) is 4.91. The Morgan fingerprint density at radius 1 is 0.872 bits per heavy atom. The molecule has 7 rings (SSSR count). The second-order valence-electron chi connectivity index (χ2n) is 9.73. The van der Waals surface area contributed by atoms with Crippen LogP contribution in [-0.4, -0.2) is 77.0 Å². The van der Waals surface area contributed by atoms with Crippen LogP contribution in [0.4, 0.5) is 11.5 Å². The predicted molar refractivity (Wildman–Crippen MR) is 156 cm³/mol. The third-order valence-electron chi connectivity index (χ3n) is 7.31. The van der Waals surface area contributed by atoms with Gasteiger partial charge in [0.2, 0.25) is 0 Å². The van der Waals surface area contributed by atoms with Crippen LogP contribution in [0, 0.1) is 0 Å². The zero-order valence-corrected chi connectivity index (χ0v) is 22.5. The molecule has 2 aliphatic rings. The average Bonchev–Trinajstić information content (AvgIpc) is 3.39. The van der Waals surface area contributed by atoms with Gasteiger partial charge in [-0.1, -0.05) is 36.0 Å². The van der Waals surface area contributed by atoms with Crippen LogP contribution in [-0.2, 0) is 10.5 Å². The quantitative estimate of drug-likeness (QED) is 0.324. The van der Waals surface area contributed by atoms with Gasteiger partial charge < -0.3 is 19.9 Å². The Morgan fingerprint density at radius 3 is 2.59 bits per heavy atom. The summed E-state index contributed by atoms with van der Waals surface area (Å²) in [6, 6.07) is 18.8. The number of para-hydroxylation sites is 1. The molecule has 0 bridgehead atoms. The molecule has 1 N–H and O–H groups in total. The molecule has 9 nitrogen and oxygen atoms in total. The lowest BCUT2D eigenvalue weighted by Crippen LogP contribution is -2.43. The minimum atomic E-state index is 0.673. The van der Waals surface area contributed by atoms with Crippen molar-refractivity contribution in [3.63, 3.8) is 0 Å². The molecule has 5 aromatic rings. The molecule has 0 unspecified atom stereocenters. The Balaban J connectivity index is 1.26. The van der Waals surface area contributed by atoms with E-state index in [-0.39, 0.29) is 0 Å². The summed E-state index contributed by atoms with van der Waals surface area (Å²) in [7, 11) is 0. The highest BCUT2D eigenvalue weighted by Crippen LogP contribution is 2.33. The number of piperazine rings is 1. The fourth-order valence-corrected chi connectivity index (χ4v) is 6.11. The number of fused-ring (bicyclic) bond motifs is 2. The van der Waals surface area contributed by atoms with Crippen LogP contribution in [0.25, 0.3) is 27.8 Å². The lowest BCUT2D eigenvalue weighted by molar-refractivity contribution is 0.123. The molecule has 4 aromatic heterocycles. The Kier molecular flexibility index (Phi) is 6.73. The molecule has 0 spiro atoms. The van der Waals surface area contributed by atoms with Gasteiger partial charge in [-0.15, -0.1) is 0 Å².